The number of nitrogens with two attached hydrogens (primary N) is 1. The third-order valence-electron chi connectivity index (χ3n) is 3.01. The minimum Gasteiger partial charge on any atom is -0.481 e. The summed E-state index contributed by atoms with van der Waals surface area (Å²) in [4.78, 5) is 8.45. The van der Waals surface area contributed by atoms with Crippen molar-refractivity contribution < 1.29 is 4.74 Å². The van der Waals surface area contributed by atoms with Crippen LogP contribution in [0.5, 0.6) is 5.88 Å². The van der Waals surface area contributed by atoms with Crippen LogP contribution in [0.2, 0.25) is 0 Å². The Labute approximate surface area is 110 Å². The highest BCUT2D eigenvalue weighted by molar-refractivity contribution is 5.79. The smallest absolute Gasteiger partial charge is 0.213 e. The second-order valence-corrected chi connectivity index (χ2v) is 4.33. The van der Waals surface area contributed by atoms with Gasteiger partial charge in [0.2, 0.25) is 5.88 Å². The van der Waals surface area contributed by atoms with Crippen LogP contribution in [0.15, 0.2) is 42.9 Å². The molecule has 2 heterocycles. The summed E-state index contributed by atoms with van der Waals surface area (Å²) >= 11 is 0. The van der Waals surface area contributed by atoms with E-state index < -0.39 is 0 Å². The third kappa shape index (κ3) is 2.22. The zero-order valence-electron chi connectivity index (χ0n) is 10.6. The average Bonchev–Trinajstić information content (AvgIpc) is 2.81. The molecule has 2 aromatic heterocycles. The minimum atomic E-state index is 0.617. The van der Waals surface area contributed by atoms with Gasteiger partial charge >= 0.3 is 0 Å². The summed E-state index contributed by atoms with van der Waals surface area (Å²) in [6.45, 7) is 0.722. The predicted octanol–water partition coefficient (Wildman–Crippen LogP) is 2.07. The lowest BCUT2D eigenvalue weighted by Crippen LogP contribution is -1.99. The van der Waals surface area contributed by atoms with E-state index in [2.05, 4.69) is 14.5 Å². The van der Waals surface area contributed by atoms with Crippen LogP contribution < -0.4 is 10.5 Å². The Hall–Kier alpha value is -2.56. The summed E-state index contributed by atoms with van der Waals surface area (Å²) in [6.07, 6.45) is 3.56. The monoisotopic (exact) mass is 254 g/mol. The van der Waals surface area contributed by atoms with Gasteiger partial charge in [-0.2, -0.15) is 0 Å². The molecule has 0 aliphatic heterocycles. The number of methoxy groups -OCH3 is 1. The van der Waals surface area contributed by atoms with Gasteiger partial charge < -0.3 is 15.0 Å². The Balaban J connectivity index is 1.96. The van der Waals surface area contributed by atoms with Gasteiger partial charge in [0.05, 0.1) is 24.5 Å². The summed E-state index contributed by atoms with van der Waals surface area (Å²) in [5.41, 5.74) is 9.55. The number of imidazole rings is 1. The van der Waals surface area contributed by atoms with Crippen LogP contribution >= 0.6 is 0 Å². The maximum Gasteiger partial charge on any atom is 0.213 e. The molecule has 0 atom stereocenters. The van der Waals surface area contributed by atoms with E-state index in [0.717, 1.165) is 28.8 Å². The lowest BCUT2D eigenvalue weighted by molar-refractivity contribution is 0.397. The lowest BCUT2D eigenvalue weighted by Gasteiger charge is -2.06. The van der Waals surface area contributed by atoms with Gasteiger partial charge in [-0.1, -0.05) is 0 Å². The van der Waals surface area contributed by atoms with Crippen LogP contribution in [-0.2, 0) is 6.54 Å². The number of hydrogen-bond donors (Lipinski definition) is 1. The van der Waals surface area contributed by atoms with Crippen molar-refractivity contribution in [3.8, 4) is 5.88 Å². The average molecular weight is 254 g/mol. The van der Waals surface area contributed by atoms with E-state index in [0.29, 0.717) is 5.88 Å². The van der Waals surface area contributed by atoms with Crippen molar-refractivity contribution >= 4 is 16.7 Å². The summed E-state index contributed by atoms with van der Waals surface area (Å²) in [5.74, 6) is 0.617. The van der Waals surface area contributed by atoms with E-state index in [-0.39, 0.29) is 0 Å². The molecule has 5 nitrogen and oxygen atoms in total. The van der Waals surface area contributed by atoms with E-state index in [1.54, 1.807) is 13.3 Å². The van der Waals surface area contributed by atoms with Gasteiger partial charge in [-0.05, 0) is 29.8 Å². The number of ether oxygens (including phenoxy) is 1. The Kier molecular flexibility index (Phi) is 2.79. The molecule has 0 bridgehead atoms. The van der Waals surface area contributed by atoms with Crippen LogP contribution in [0.3, 0.4) is 0 Å². The first-order valence-electron chi connectivity index (χ1n) is 5.95. The van der Waals surface area contributed by atoms with Crippen molar-refractivity contribution in [2.24, 2.45) is 0 Å². The molecule has 0 amide bonds. The lowest BCUT2D eigenvalue weighted by atomic mass is 10.2. The maximum atomic E-state index is 5.75. The maximum absolute atomic E-state index is 5.75. The zero-order valence-corrected chi connectivity index (χ0v) is 10.6. The van der Waals surface area contributed by atoms with E-state index in [1.807, 2.05) is 36.7 Å². The minimum absolute atomic E-state index is 0.617. The van der Waals surface area contributed by atoms with Crippen molar-refractivity contribution in [3.05, 3.63) is 48.4 Å². The first-order chi connectivity index (χ1) is 9.26. The Morgan fingerprint density at radius 1 is 1.21 bits per heavy atom. The molecule has 0 unspecified atom stereocenters. The van der Waals surface area contributed by atoms with Gasteiger partial charge in [0.1, 0.15) is 0 Å². The molecule has 0 saturated heterocycles. The molecule has 1 aromatic carbocycles. The van der Waals surface area contributed by atoms with E-state index >= 15 is 0 Å². The highest BCUT2D eigenvalue weighted by Gasteiger charge is 2.04. The van der Waals surface area contributed by atoms with E-state index in [4.69, 9.17) is 10.5 Å². The molecule has 3 aromatic rings. The highest BCUT2D eigenvalue weighted by Crippen LogP contribution is 2.18. The van der Waals surface area contributed by atoms with Gasteiger partial charge in [-0.15, -0.1) is 0 Å². The Bertz CT molecular complexity index is 720. The van der Waals surface area contributed by atoms with Crippen molar-refractivity contribution in [2.75, 3.05) is 12.8 Å². The number of pyridine rings is 1. The SMILES string of the molecule is COc1cc(Cn2cnc3cc(N)ccc32)ccn1. The molecule has 3 rings (SSSR count). The molecule has 5 heteroatoms. The normalized spacial score (nSPS) is 10.8. The molecular weight excluding hydrogens is 240 g/mol. The number of anilines is 1. The molecule has 0 saturated carbocycles. The zero-order chi connectivity index (χ0) is 13.2. The molecule has 2 N–H and O–H groups in total. The second kappa shape index (κ2) is 4.61. The quantitative estimate of drug-likeness (QED) is 0.727. The number of nitrogen functional groups attached to an aromatic ring is 1. The number of benzene rings is 1. The topological polar surface area (TPSA) is 66.0 Å². The third-order valence-corrected chi connectivity index (χ3v) is 3.01. The Morgan fingerprint density at radius 3 is 2.95 bits per heavy atom. The molecule has 0 aliphatic rings. The summed E-state index contributed by atoms with van der Waals surface area (Å²) in [6, 6.07) is 9.62. The van der Waals surface area contributed by atoms with Gasteiger partial charge in [-0.3, -0.25) is 0 Å². The number of aromatic nitrogens is 3. The van der Waals surface area contributed by atoms with Crippen LogP contribution in [0.25, 0.3) is 11.0 Å². The molecule has 0 aliphatic carbocycles. The molecule has 0 radical (unpaired) electrons. The molecule has 0 spiro atoms. The predicted molar refractivity (Wildman–Crippen MR) is 74.0 cm³/mol. The van der Waals surface area contributed by atoms with Crippen LogP contribution in [0.1, 0.15) is 5.56 Å². The number of hydrogen-bond acceptors (Lipinski definition) is 4. The standard InChI is InChI=1S/C14H14N4O/c1-19-14-6-10(4-5-16-14)8-18-9-17-12-7-11(15)2-3-13(12)18/h2-7,9H,8,15H2,1H3. The van der Waals surface area contributed by atoms with E-state index in [1.165, 1.54) is 0 Å². The van der Waals surface area contributed by atoms with E-state index in [9.17, 15) is 0 Å². The van der Waals surface area contributed by atoms with Crippen molar-refractivity contribution in [1.29, 1.82) is 0 Å². The highest BCUT2D eigenvalue weighted by atomic mass is 16.5. The second-order valence-electron chi connectivity index (χ2n) is 4.33. The van der Waals surface area contributed by atoms with Crippen LogP contribution in [0.4, 0.5) is 5.69 Å². The van der Waals surface area contributed by atoms with Gasteiger partial charge in [-0.25, -0.2) is 9.97 Å². The first-order valence-corrected chi connectivity index (χ1v) is 5.95. The van der Waals surface area contributed by atoms with Crippen molar-refractivity contribution in [3.63, 3.8) is 0 Å². The van der Waals surface area contributed by atoms with Crippen molar-refractivity contribution in [2.45, 2.75) is 6.54 Å². The summed E-state index contributed by atoms with van der Waals surface area (Å²) in [7, 11) is 1.61. The van der Waals surface area contributed by atoms with Crippen LogP contribution in [-0.4, -0.2) is 21.6 Å². The number of rotatable bonds is 3. The Morgan fingerprint density at radius 2 is 2.11 bits per heavy atom. The van der Waals surface area contributed by atoms with Gasteiger partial charge in [0.15, 0.2) is 0 Å². The number of fused-ring (bicyclic) bond motifs is 1. The fourth-order valence-electron chi connectivity index (χ4n) is 2.06. The molecule has 96 valence electrons. The molecule has 19 heavy (non-hydrogen) atoms. The number of nitrogens with zero attached hydrogens (tertiary/aromatic N) is 3. The van der Waals surface area contributed by atoms with Crippen LogP contribution in [0, 0.1) is 0 Å². The molecule has 0 fully saturated rings. The fraction of sp³-hybridized carbons (Fsp3) is 0.143. The van der Waals surface area contributed by atoms with Gasteiger partial charge in [0.25, 0.3) is 0 Å². The first kappa shape index (κ1) is 11.5. The largest absolute Gasteiger partial charge is 0.481 e. The fourth-order valence-corrected chi connectivity index (χ4v) is 2.06. The summed E-state index contributed by atoms with van der Waals surface area (Å²) in [5, 5.41) is 0. The molecular formula is C14H14N4O. The van der Waals surface area contributed by atoms with Crippen molar-refractivity contribution in [1.82, 2.24) is 14.5 Å². The van der Waals surface area contributed by atoms with Gasteiger partial charge in [0, 0.05) is 24.5 Å². The summed E-state index contributed by atoms with van der Waals surface area (Å²) < 4.78 is 7.20.